The molecule has 2 heterocycles. The van der Waals surface area contributed by atoms with Crippen LogP contribution in [0, 0.1) is 20.2 Å². The van der Waals surface area contributed by atoms with E-state index in [2.05, 4.69) is 20.4 Å². The van der Waals surface area contributed by atoms with Crippen molar-refractivity contribution < 1.29 is 18.7 Å². The average Bonchev–Trinajstić information content (AvgIpc) is 3.55. The molecule has 0 spiro atoms. The molecular formula is C22H12N6O6. The van der Waals surface area contributed by atoms with Crippen LogP contribution in [0.5, 0.6) is 0 Å². The smallest absolute Gasteiger partial charge is 0.269 e. The van der Waals surface area contributed by atoms with Crippen LogP contribution < -0.4 is 0 Å². The molecule has 0 radical (unpaired) electrons. The van der Waals surface area contributed by atoms with Crippen molar-refractivity contribution in [1.82, 2.24) is 20.4 Å². The Bertz CT molecular complexity index is 1390. The normalized spacial score (nSPS) is 10.8. The molecular weight excluding hydrogens is 444 g/mol. The zero-order valence-electron chi connectivity index (χ0n) is 17.1. The van der Waals surface area contributed by atoms with Gasteiger partial charge in [0.15, 0.2) is 0 Å². The number of non-ortho nitro benzene ring substituents is 2. The van der Waals surface area contributed by atoms with Crippen molar-refractivity contribution in [3.8, 4) is 45.8 Å². The largest absolute Gasteiger partial charge is 0.416 e. The van der Waals surface area contributed by atoms with Crippen molar-refractivity contribution in [3.63, 3.8) is 0 Å². The molecule has 5 rings (SSSR count). The van der Waals surface area contributed by atoms with Crippen LogP contribution in [-0.4, -0.2) is 30.2 Å². The number of benzene rings is 3. The zero-order chi connectivity index (χ0) is 23.7. The standard InChI is InChI=1S/C22H12N6O6/c29-27(30)15-9-5-13(6-10-15)19-23-25-21(33-19)17-3-1-2-4-18(17)22-26-24-20(34-22)14-7-11-16(12-8-14)28(31)32/h1-12H. The van der Waals surface area contributed by atoms with Crippen LogP contribution >= 0.6 is 0 Å². The molecule has 5 aromatic rings. The van der Waals surface area contributed by atoms with Gasteiger partial charge in [-0.05, 0) is 36.4 Å². The van der Waals surface area contributed by atoms with Crippen LogP contribution in [0.4, 0.5) is 11.4 Å². The van der Waals surface area contributed by atoms with E-state index in [1.807, 2.05) is 0 Å². The predicted octanol–water partition coefficient (Wildman–Crippen LogP) is 4.94. The maximum absolute atomic E-state index is 10.9. The van der Waals surface area contributed by atoms with Crippen LogP contribution in [0.3, 0.4) is 0 Å². The number of aromatic nitrogens is 4. The maximum Gasteiger partial charge on any atom is 0.269 e. The van der Waals surface area contributed by atoms with E-state index >= 15 is 0 Å². The van der Waals surface area contributed by atoms with E-state index in [1.54, 1.807) is 24.3 Å². The second-order valence-corrected chi connectivity index (χ2v) is 6.98. The van der Waals surface area contributed by atoms with Crippen LogP contribution in [0.25, 0.3) is 45.8 Å². The number of nitrogens with zero attached hydrogens (tertiary/aromatic N) is 6. The van der Waals surface area contributed by atoms with Gasteiger partial charge >= 0.3 is 0 Å². The third kappa shape index (κ3) is 3.86. The number of rotatable bonds is 6. The van der Waals surface area contributed by atoms with Gasteiger partial charge in [-0.3, -0.25) is 20.2 Å². The number of hydrogen-bond acceptors (Lipinski definition) is 10. The van der Waals surface area contributed by atoms with Gasteiger partial charge in [-0.25, -0.2) is 0 Å². The van der Waals surface area contributed by atoms with E-state index in [-0.39, 0.29) is 34.9 Å². The molecule has 3 aromatic carbocycles. The summed E-state index contributed by atoms with van der Waals surface area (Å²) < 4.78 is 11.6. The van der Waals surface area contributed by atoms with Gasteiger partial charge in [-0.2, -0.15) is 0 Å². The lowest BCUT2D eigenvalue weighted by atomic mass is 10.1. The van der Waals surface area contributed by atoms with Crippen molar-refractivity contribution in [2.45, 2.75) is 0 Å². The summed E-state index contributed by atoms with van der Waals surface area (Å²) in [5, 5.41) is 38.0. The Labute approximate surface area is 189 Å². The van der Waals surface area contributed by atoms with Crippen molar-refractivity contribution in [3.05, 3.63) is 93.0 Å². The minimum Gasteiger partial charge on any atom is -0.416 e. The Morgan fingerprint density at radius 2 is 0.882 bits per heavy atom. The SMILES string of the molecule is O=[N+]([O-])c1ccc(-c2nnc(-c3ccccc3-c3nnc(-c4ccc([N+](=O)[O-])cc4)o3)o2)cc1. The minimum absolute atomic E-state index is 0.0472. The second-order valence-electron chi connectivity index (χ2n) is 6.98. The first kappa shape index (κ1) is 20.6. The molecule has 2 aromatic heterocycles. The highest BCUT2D eigenvalue weighted by Crippen LogP contribution is 2.34. The molecule has 0 atom stereocenters. The molecule has 0 N–H and O–H groups in total. The van der Waals surface area contributed by atoms with Crippen molar-refractivity contribution in [2.75, 3.05) is 0 Å². The van der Waals surface area contributed by atoms with Crippen LogP contribution in [0.1, 0.15) is 0 Å². The lowest BCUT2D eigenvalue weighted by molar-refractivity contribution is -0.385. The zero-order valence-corrected chi connectivity index (χ0v) is 17.1. The van der Waals surface area contributed by atoms with Crippen LogP contribution in [0.15, 0.2) is 81.6 Å². The summed E-state index contributed by atoms with van der Waals surface area (Å²) in [6, 6.07) is 18.6. The number of hydrogen-bond donors (Lipinski definition) is 0. The van der Waals surface area contributed by atoms with Crippen molar-refractivity contribution in [2.24, 2.45) is 0 Å². The van der Waals surface area contributed by atoms with Gasteiger partial charge in [0.05, 0.1) is 21.0 Å². The lowest BCUT2D eigenvalue weighted by Crippen LogP contribution is -1.87. The van der Waals surface area contributed by atoms with Crippen molar-refractivity contribution >= 4 is 11.4 Å². The Morgan fingerprint density at radius 1 is 0.529 bits per heavy atom. The summed E-state index contributed by atoms with van der Waals surface area (Å²) in [7, 11) is 0. The second kappa shape index (κ2) is 8.35. The van der Waals surface area contributed by atoms with Gasteiger partial charge in [0.1, 0.15) is 0 Å². The first-order valence-electron chi connectivity index (χ1n) is 9.76. The quantitative estimate of drug-likeness (QED) is 0.252. The molecule has 0 saturated heterocycles. The monoisotopic (exact) mass is 456 g/mol. The summed E-state index contributed by atoms with van der Waals surface area (Å²) in [4.78, 5) is 20.7. The molecule has 0 saturated carbocycles. The minimum atomic E-state index is -0.491. The highest BCUT2D eigenvalue weighted by Gasteiger charge is 2.19. The Kier molecular flexibility index (Phi) is 5.07. The Balaban J connectivity index is 1.46. The fraction of sp³-hybridized carbons (Fsp3) is 0. The van der Waals surface area contributed by atoms with Gasteiger partial charge in [-0.15, -0.1) is 20.4 Å². The molecule has 0 unspecified atom stereocenters. The van der Waals surface area contributed by atoms with Crippen LogP contribution in [0.2, 0.25) is 0 Å². The van der Waals surface area contributed by atoms with E-state index in [1.165, 1.54) is 48.5 Å². The first-order valence-corrected chi connectivity index (χ1v) is 9.76. The van der Waals surface area contributed by atoms with Crippen molar-refractivity contribution in [1.29, 1.82) is 0 Å². The maximum atomic E-state index is 10.9. The third-order valence-corrected chi connectivity index (χ3v) is 4.89. The van der Waals surface area contributed by atoms with E-state index in [0.717, 1.165) is 0 Å². The number of nitro benzene ring substituents is 2. The van der Waals surface area contributed by atoms with E-state index in [4.69, 9.17) is 8.83 Å². The average molecular weight is 456 g/mol. The Hall–Kier alpha value is -5.26. The summed E-state index contributed by atoms with van der Waals surface area (Å²) in [6.45, 7) is 0. The van der Waals surface area contributed by atoms with Gasteiger partial charge in [0.25, 0.3) is 11.4 Å². The molecule has 166 valence electrons. The number of nitro groups is 2. The Morgan fingerprint density at radius 3 is 1.24 bits per heavy atom. The fourth-order valence-corrected chi connectivity index (χ4v) is 3.21. The van der Waals surface area contributed by atoms with Crippen LogP contribution in [-0.2, 0) is 0 Å². The summed E-state index contributed by atoms with van der Waals surface area (Å²) >= 11 is 0. The highest BCUT2D eigenvalue weighted by molar-refractivity contribution is 5.76. The topological polar surface area (TPSA) is 164 Å². The summed E-state index contributed by atoms with van der Waals surface area (Å²) in [6.07, 6.45) is 0. The molecule has 0 fully saturated rings. The molecule has 34 heavy (non-hydrogen) atoms. The molecule has 0 aliphatic carbocycles. The molecule has 12 heteroatoms. The molecule has 0 bridgehead atoms. The summed E-state index contributed by atoms with van der Waals surface area (Å²) in [5.74, 6) is 0.770. The van der Waals surface area contributed by atoms with E-state index in [0.29, 0.717) is 22.3 Å². The van der Waals surface area contributed by atoms with E-state index < -0.39 is 9.85 Å². The van der Waals surface area contributed by atoms with Gasteiger partial charge in [-0.1, -0.05) is 12.1 Å². The van der Waals surface area contributed by atoms with Gasteiger partial charge < -0.3 is 8.83 Å². The molecule has 0 aliphatic heterocycles. The molecule has 12 nitrogen and oxygen atoms in total. The highest BCUT2D eigenvalue weighted by atomic mass is 16.6. The van der Waals surface area contributed by atoms with Gasteiger partial charge in [0, 0.05) is 35.4 Å². The van der Waals surface area contributed by atoms with E-state index in [9.17, 15) is 20.2 Å². The third-order valence-electron chi connectivity index (χ3n) is 4.89. The van der Waals surface area contributed by atoms with Gasteiger partial charge in [0.2, 0.25) is 23.6 Å². The first-order chi connectivity index (χ1) is 16.5. The summed E-state index contributed by atoms with van der Waals surface area (Å²) in [5.41, 5.74) is 2.05. The lowest BCUT2D eigenvalue weighted by Gasteiger charge is -2.01. The molecule has 0 aliphatic rings. The fourth-order valence-electron chi connectivity index (χ4n) is 3.21. The molecule has 0 amide bonds. The predicted molar refractivity (Wildman–Crippen MR) is 117 cm³/mol.